The molecule has 0 aliphatic heterocycles. The molecule has 6 nitrogen and oxygen atoms in total. The van der Waals surface area contributed by atoms with Crippen LogP contribution in [-0.4, -0.2) is 20.6 Å². The van der Waals surface area contributed by atoms with Crippen LogP contribution in [0.5, 0.6) is 11.5 Å². The van der Waals surface area contributed by atoms with Crippen molar-refractivity contribution in [2.75, 3.05) is 15.9 Å². The average Bonchev–Trinajstić information content (AvgIpc) is 2.85. The number of amides is 1. The number of hydrogen-bond acceptors (Lipinski definition) is 4. The second kappa shape index (κ2) is 11.0. The normalized spacial score (nSPS) is 11.1. The molecule has 36 heavy (non-hydrogen) atoms. The highest BCUT2D eigenvalue weighted by Gasteiger charge is 2.18. The second-order valence-electron chi connectivity index (χ2n) is 7.98. The summed E-state index contributed by atoms with van der Waals surface area (Å²) in [7, 11) is -3.53. The van der Waals surface area contributed by atoms with Crippen LogP contribution >= 0.6 is 23.2 Å². The van der Waals surface area contributed by atoms with Crippen LogP contribution in [0.3, 0.4) is 0 Å². The summed E-state index contributed by atoms with van der Waals surface area (Å²) in [6.07, 6.45) is 1.15. The van der Waals surface area contributed by atoms with Gasteiger partial charge in [-0.2, -0.15) is 0 Å². The Balaban J connectivity index is 1.39. The van der Waals surface area contributed by atoms with Crippen LogP contribution in [0.15, 0.2) is 97.1 Å². The van der Waals surface area contributed by atoms with Crippen molar-refractivity contribution in [2.45, 2.75) is 6.54 Å². The van der Waals surface area contributed by atoms with Crippen LogP contribution in [0.2, 0.25) is 10.0 Å². The first-order valence-corrected chi connectivity index (χ1v) is 13.4. The quantitative estimate of drug-likeness (QED) is 0.261. The van der Waals surface area contributed by atoms with Crippen molar-refractivity contribution >= 4 is 50.5 Å². The Morgan fingerprint density at radius 3 is 1.81 bits per heavy atom. The molecule has 0 spiro atoms. The summed E-state index contributed by atoms with van der Waals surface area (Å²) in [5.74, 6) is 0.989. The Morgan fingerprint density at radius 1 is 0.778 bits per heavy atom. The van der Waals surface area contributed by atoms with Crippen LogP contribution in [0.25, 0.3) is 0 Å². The number of anilines is 2. The van der Waals surface area contributed by atoms with Crippen molar-refractivity contribution in [1.82, 2.24) is 0 Å². The third-order valence-corrected chi connectivity index (χ3v) is 6.86. The molecule has 0 aromatic heterocycles. The van der Waals surface area contributed by atoms with Gasteiger partial charge in [0.1, 0.15) is 11.5 Å². The zero-order valence-electron chi connectivity index (χ0n) is 19.2. The maximum atomic E-state index is 12.7. The van der Waals surface area contributed by atoms with Crippen molar-refractivity contribution in [3.8, 4) is 11.5 Å². The number of carbonyl (C=O) groups excluding carboxylic acids is 1. The highest BCUT2D eigenvalue weighted by Crippen LogP contribution is 2.25. The van der Waals surface area contributed by atoms with Crippen molar-refractivity contribution in [2.24, 2.45) is 0 Å². The van der Waals surface area contributed by atoms with E-state index < -0.39 is 10.0 Å². The van der Waals surface area contributed by atoms with Crippen molar-refractivity contribution < 1.29 is 17.9 Å². The molecule has 4 aromatic rings. The molecular weight excluding hydrogens is 519 g/mol. The van der Waals surface area contributed by atoms with Gasteiger partial charge in [0.2, 0.25) is 10.0 Å². The summed E-state index contributed by atoms with van der Waals surface area (Å²) in [6.45, 7) is 0.122. The van der Waals surface area contributed by atoms with E-state index in [4.69, 9.17) is 27.9 Å². The van der Waals surface area contributed by atoms with E-state index in [1.807, 2.05) is 0 Å². The summed E-state index contributed by atoms with van der Waals surface area (Å²) >= 11 is 11.8. The molecule has 0 aliphatic carbocycles. The number of benzene rings is 4. The van der Waals surface area contributed by atoms with E-state index in [9.17, 15) is 13.2 Å². The van der Waals surface area contributed by atoms with Crippen molar-refractivity contribution in [1.29, 1.82) is 0 Å². The highest BCUT2D eigenvalue weighted by atomic mass is 35.5. The van der Waals surface area contributed by atoms with E-state index in [0.717, 1.165) is 11.8 Å². The molecule has 0 saturated heterocycles. The zero-order valence-corrected chi connectivity index (χ0v) is 21.5. The molecule has 0 bridgehead atoms. The van der Waals surface area contributed by atoms with Gasteiger partial charge in [-0.05, 0) is 90.5 Å². The molecule has 0 saturated carbocycles. The topological polar surface area (TPSA) is 75.7 Å². The SMILES string of the molecule is CS(=O)(=O)N(Cc1ccc(C(=O)Nc2ccc(Oc3ccc(Cl)cc3)cc2)cc1)c1ccc(Cl)cc1. The Labute approximate surface area is 220 Å². The molecule has 0 atom stereocenters. The van der Waals surface area contributed by atoms with Gasteiger partial charge in [0, 0.05) is 21.3 Å². The first-order chi connectivity index (χ1) is 17.2. The number of rotatable bonds is 8. The largest absolute Gasteiger partial charge is 0.457 e. The molecule has 0 fully saturated rings. The molecule has 184 valence electrons. The van der Waals surface area contributed by atoms with Gasteiger partial charge >= 0.3 is 0 Å². The highest BCUT2D eigenvalue weighted by molar-refractivity contribution is 7.92. The third-order valence-electron chi connectivity index (χ3n) is 5.22. The first kappa shape index (κ1) is 25.6. The fourth-order valence-corrected chi connectivity index (χ4v) is 4.52. The van der Waals surface area contributed by atoms with Gasteiger partial charge in [0.05, 0.1) is 18.5 Å². The third kappa shape index (κ3) is 6.79. The van der Waals surface area contributed by atoms with E-state index in [2.05, 4.69) is 5.32 Å². The van der Waals surface area contributed by atoms with Gasteiger partial charge in [-0.1, -0.05) is 35.3 Å². The van der Waals surface area contributed by atoms with Gasteiger partial charge < -0.3 is 10.1 Å². The lowest BCUT2D eigenvalue weighted by Gasteiger charge is -2.22. The summed E-state index contributed by atoms with van der Waals surface area (Å²) in [6, 6.07) is 27.4. The minimum Gasteiger partial charge on any atom is -0.457 e. The van der Waals surface area contributed by atoms with Crippen LogP contribution in [-0.2, 0) is 16.6 Å². The van der Waals surface area contributed by atoms with E-state index in [-0.39, 0.29) is 12.5 Å². The monoisotopic (exact) mass is 540 g/mol. The lowest BCUT2D eigenvalue weighted by Crippen LogP contribution is -2.29. The lowest BCUT2D eigenvalue weighted by atomic mass is 10.1. The number of halogens is 2. The van der Waals surface area contributed by atoms with E-state index in [0.29, 0.717) is 38.5 Å². The molecule has 9 heteroatoms. The molecular formula is C27H22Cl2N2O4S. The molecule has 0 radical (unpaired) electrons. The van der Waals surface area contributed by atoms with Gasteiger partial charge in [-0.15, -0.1) is 0 Å². The minimum atomic E-state index is -3.53. The maximum absolute atomic E-state index is 12.7. The number of nitrogens with one attached hydrogen (secondary N) is 1. The fourth-order valence-electron chi connectivity index (χ4n) is 3.38. The smallest absolute Gasteiger partial charge is 0.255 e. The molecule has 0 aliphatic rings. The van der Waals surface area contributed by atoms with Crippen LogP contribution in [0.4, 0.5) is 11.4 Å². The molecule has 1 amide bonds. The van der Waals surface area contributed by atoms with E-state index in [1.54, 1.807) is 97.1 Å². The van der Waals surface area contributed by atoms with Gasteiger partial charge in [0.15, 0.2) is 0 Å². The average molecular weight is 541 g/mol. The molecule has 4 aromatic carbocycles. The Bertz CT molecular complexity index is 1440. The maximum Gasteiger partial charge on any atom is 0.255 e. The van der Waals surface area contributed by atoms with Gasteiger partial charge in [-0.25, -0.2) is 8.42 Å². The van der Waals surface area contributed by atoms with Crippen molar-refractivity contribution in [3.05, 3.63) is 118 Å². The number of hydrogen-bond donors (Lipinski definition) is 1. The summed E-state index contributed by atoms with van der Waals surface area (Å²) < 4.78 is 31.8. The molecule has 1 N–H and O–H groups in total. The number of carbonyl (C=O) groups is 1. The molecule has 0 heterocycles. The zero-order chi connectivity index (χ0) is 25.7. The first-order valence-electron chi connectivity index (χ1n) is 10.8. The van der Waals surface area contributed by atoms with E-state index in [1.165, 1.54) is 4.31 Å². The Hall–Kier alpha value is -3.52. The van der Waals surface area contributed by atoms with Crippen molar-refractivity contribution in [3.63, 3.8) is 0 Å². The molecule has 4 rings (SSSR count). The number of ether oxygens (including phenoxy) is 1. The summed E-state index contributed by atoms with van der Waals surface area (Å²) in [5, 5.41) is 3.99. The standard InChI is InChI=1S/C27H22Cl2N2O4S/c1-36(33,34)31(24-12-6-21(28)7-13-24)18-19-2-4-20(5-3-19)27(32)30-23-10-16-26(17-11-23)35-25-14-8-22(29)9-15-25/h2-17H,18H2,1H3,(H,30,32). The lowest BCUT2D eigenvalue weighted by molar-refractivity contribution is 0.102. The summed E-state index contributed by atoms with van der Waals surface area (Å²) in [4.78, 5) is 12.7. The van der Waals surface area contributed by atoms with Gasteiger partial charge in [0.25, 0.3) is 5.91 Å². The predicted molar refractivity (Wildman–Crippen MR) is 145 cm³/mol. The number of nitrogens with zero attached hydrogens (tertiary/aromatic N) is 1. The Kier molecular flexibility index (Phi) is 7.84. The molecule has 0 unspecified atom stereocenters. The van der Waals surface area contributed by atoms with Crippen LogP contribution in [0, 0.1) is 0 Å². The number of sulfonamides is 1. The van der Waals surface area contributed by atoms with Gasteiger partial charge in [-0.3, -0.25) is 9.10 Å². The minimum absolute atomic E-state index is 0.122. The van der Waals surface area contributed by atoms with Crippen LogP contribution < -0.4 is 14.4 Å². The summed E-state index contributed by atoms with van der Waals surface area (Å²) in [5.41, 5.74) is 2.29. The fraction of sp³-hybridized carbons (Fsp3) is 0.0741. The van der Waals surface area contributed by atoms with E-state index >= 15 is 0 Å². The Morgan fingerprint density at radius 2 is 1.28 bits per heavy atom. The second-order valence-corrected chi connectivity index (χ2v) is 10.8. The predicted octanol–water partition coefficient (Wildman–Crippen LogP) is 7.00. The van der Waals surface area contributed by atoms with Crippen LogP contribution in [0.1, 0.15) is 15.9 Å².